The molecule has 0 bridgehead atoms. The van der Waals surface area contributed by atoms with Crippen molar-refractivity contribution in [2.45, 2.75) is 67.8 Å². The molecule has 1 heterocycles. The van der Waals surface area contributed by atoms with Gasteiger partial charge in [-0.05, 0) is 59.9 Å². The Kier molecular flexibility index (Phi) is 13.2. The third kappa shape index (κ3) is 9.97. The SMILES string of the molecule is COc1ccccc1SC[C@@H]1O[C@H](c2ccc(CNC(=O)[C@@H](Cc3ccccc3)NS(=O)(=O)c3ccc(C)cc3)cc2)O[C@H](c2ccc(CO)cc2)[C@@H]1C. The molecule has 282 valence electrons. The molecule has 3 N–H and O–H groups in total. The predicted octanol–water partition coefficient (Wildman–Crippen LogP) is 7.29. The topological polar surface area (TPSA) is 123 Å². The van der Waals surface area contributed by atoms with E-state index in [1.54, 1.807) is 31.0 Å². The molecule has 0 aromatic heterocycles. The minimum Gasteiger partial charge on any atom is -0.496 e. The number of carbonyl (C=O) groups excluding carboxylic acids is 1. The van der Waals surface area contributed by atoms with E-state index < -0.39 is 28.3 Å². The third-order valence-corrected chi connectivity index (χ3v) is 12.2. The van der Waals surface area contributed by atoms with Gasteiger partial charge in [-0.25, -0.2) is 8.42 Å². The van der Waals surface area contributed by atoms with Crippen molar-refractivity contribution in [2.75, 3.05) is 12.9 Å². The summed E-state index contributed by atoms with van der Waals surface area (Å²) in [5.41, 5.74) is 5.26. The van der Waals surface area contributed by atoms with Gasteiger partial charge in [-0.1, -0.05) is 116 Å². The van der Waals surface area contributed by atoms with Crippen LogP contribution in [0.5, 0.6) is 5.75 Å². The maximum absolute atomic E-state index is 13.6. The fourth-order valence-corrected chi connectivity index (χ4v) is 8.73. The summed E-state index contributed by atoms with van der Waals surface area (Å²) in [5, 5.41) is 12.5. The number of rotatable bonds is 15. The van der Waals surface area contributed by atoms with Crippen molar-refractivity contribution in [3.63, 3.8) is 0 Å². The third-order valence-electron chi connectivity index (χ3n) is 9.54. The van der Waals surface area contributed by atoms with Crippen molar-refractivity contribution < 1.29 is 32.5 Å². The van der Waals surface area contributed by atoms with E-state index in [9.17, 15) is 18.3 Å². The van der Waals surface area contributed by atoms with Gasteiger partial charge in [0.25, 0.3) is 0 Å². The molecule has 9 nitrogen and oxygen atoms in total. The number of sulfonamides is 1. The maximum Gasteiger partial charge on any atom is 0.241 e. The first kappa shape index (κ1) is 39.2. The van der Waals surface area contributed by atoms with Gasteiger partial charge in [0, 0.05) is 28.7 Å². The lowest BCUT2D eigenvalue weighted by Crippen LogP contribution is -2.47. The maximum atomic E-state index is 13.6. The van der Waals surface area contributed by atoms with Crippen molar-refractivity contribution in [3.05, 3.63) is 161 Å². The molecule has 54 heavy (non-hydrogen) atoms. The highest BCUT2D eigenvalue weighted by molar-refractivity contribution is 7.99. The lowest BCUT2D eigenvalue weighted by atomic mass is 9.91. The number of aryl methyl sites for hydroxylation is 1. The molecule has 5 atom stereocenters. The van der Waals surface area contributed by atoms with Gasteiger partial charge >= 0.3 is 0 Å². The van der Waals surface area contributed by atoms with Gasteiger partial charge in [-0.15, -0.1) is 11.8 Å². The number of aliphatic hydroxyl groups is 1. The standard InChI is InChI=1S/C43H46N2O7S2/c1-29-13-23-36(24-14-29)54(48,49)45-37(25-31-9-5-4-6-10-31)42(47)44-26-32-15-21-35(22-16-32)43-51-39(28-53-40-12-8-7-11-38(40)50-3)30(2)41(52-43)34-19-17-33(27-46)18-20-34/h4-24,30,37,39,41,43,45-46H,25-28H2,1-3H3,(H,44,47)/t30-,37-,39+,41+,43+/m1/s1. The second-order valence-electron chi connectivity index (χ2n) is 13.4. The monoisotopic (exact) mass is 766 g/mol. The average Bonchev–Trinajstić information content (AvgIpc) is 3.20. The van der Waals surface area contributed by atoms with Crippen molar-refractivity contribution in [1.29, 1.82) is 0 Å². The highest BCUT2D eigenvalue weighted by Crippen LogP contribution is 2.43. The van der Waals surface area contributed by atoms with E-state index >= 15 is 0 Å². The van der Waals surface area contributed by atoms with Crippen LogP contribution in [0.15, 0.2) is 137 Å². The number of para-hydroxylation sites is 1. The summed E-state index contributed by atoms with van der Waals surface area (Å²) in [6, 6.07) is 38.2. The Bertz CT molecular complexity index is 2080. The molecule has 0 radical (unpaired) electrons. The molecule has 0 aliphatic carbocycles. The number of ether oxygens (including phenoxy) is 3. The van der Waals surface area contributed by atoms with Gasteiger partial charge in [0.1, 0.15) is 11.8 Å². The molecule has 1 fully saturated rings. The fourth-order valence-electron chi connectivity index (χ4n) is 6.34. The number of methoxy groups -OCH3 is 1. The normalized spacial score (nSPS) is 19.2. The van der Waals surface area contributed by atoms with Gasteiger partial charge in [0.2, 0.25) is 15.9 Å². The number of hydrogen-bond acceptors (Lipinski definition) is 8. The Balaban J connectivity index is 1.16. The Morgan fingerprint density at radius 3 is 2.15 bits per heavy atom. The van der Waals surface area contributed by atoms with E-state index in [2.05, 4.69) is 17.0 Å². The quantitative estimate of drug-likeness (QED) is 0.0951. The van der Waals surface area contributed by atoms with Gasteiger partial charge in [0.15, 0.2) is 6.29 Å². The number of hydrogen-bond donors (Lipinski definition) is 3. The van der Waals surface area contributed by atoms with Gasteiger partial charge in [-0.3, -0.25) is 4.79 Å². The minimum atomic E-state index is -3.96. The summed E-state index contributed by atoms with van der Waals surface area (Å²) in [6.07, 6.45) is -0.886. The number of aliphatic hydroxyl groups excluding tert-OH is 1. The van der Waals surface area contributed by atoms with Crippen LogP contribution < -0.4 is 14.8 Å². The minimum absolute atomic E-state index is 0.0187. The summed E-state index contributed by atoms with van der Waals surface area (Å²) in [4.78, 5) is 14.7. The number of carbonyl (C=O) groups is 1. The van der Waals surface area contributed by atoms with E-state index in [-0.39, 0.29) is 42.6 Å². The average molecular weight is 767 g/mol. The molecule has 11 heteroatoms. The van der Waals surface area contributed by atoms with Crippen LogP contribution in [0.4, 0.5) is 0 Å². The molecule has 0 spiro atoms. The number of amides is 1. The Morgan fingerprint density at radius 2 is 1.46 bits per heavy atom. The summed E-state index contributed by atoms with van der Waals surface area (Å²) >= 11 is 1.68. The highest BCUT2D eigenvalue weighted by atomic mass is 32.2. The second-order valence-corrected chi connectivity index (χ2v) is 16.2. The van der Waals surface area contributed by atoms with Crippen molar-refractivity contribution in [3.8, 4) is 5.75 Å². The Hall–Kier alpha value is -4.49. The number of nitrogens with one attached hydrogen (secondary N) is 2. The number of benzene rings is 5. The summed E-state index contributed by atoms with van der Waals surface area (Å²) in [6.45, 7) is 4.17. The van der Waals surface area contributed by atoms with Crippen LogP contribution >= 0.6 is 11.8 Å². The van der Waals surface area contributed by atoms with Crippen molar-refractivity contribution in [1.82, 2.24) is 10.0 Å². The van der Waals surface area contributed by atoms with E-state index in [4.69, 9.17) is 14.2 Å². The smallest absolute Gasteiger partial charge is 0.241 e. The molecule has 1 aliphatic heterocycles. The van der Waals surface area contributed by atoms with Gasteiger partial charge in [0.05, 0.1) is 30.8 Å². The lowest BCUT2D eigenvalue weighted by molar-refractivity contribution is -0.268. The summed E-state index contributed by atoms with van der Waals surface area (Å²) in [5.74, 6) is 1.07. The van der Waals surface area contributed by atoms with Crippen LogP contribution in [-0.4, -0.2) is 44.4 Å². The van der Waals surface area contributed by atoms with Gasteiger partial charge in [-0.2, -0.15) is 4.72 Å². The van der Waals surface area contributed by atoms with Crippen LogP contribution in [0.1, 0.15) is 52.7 Å². The largest absolute Gasteiger partial charge is 0.496 e. The first-order valence-electron chi connectivity index (χ1n) is 17.9. The van der Waals surface area contributed by atoms with E-state index in [0.29, 0.717) is 5.75 Å². The molecule has 0 unspecified atom stereocenters. The zero-order chi connectivity index (χ0) is 38.1. The molecule has 6 rings (SSSR count). The van der Waals surface area contributed by atoms with Crippen molar-refractivity contribution >= 4 is 27.7 Å². The molecule has 0 saturated carbocycles. The predicted molar refractivity (Wildman–Crippen MR) is 210 cm³/mol. The Labute approximate surface area is 322 Å². The second kappa shape index (κ2) is 18.2. The van der Waals surface area contributed by atoms with Gasteiger partial charge < -0.3 is 24.6 Å². The molecule has 1 amide bonds. The van der Waals surface area contributed by atoms with Crippen LogP contribution in [0.3, 0.4) is 0 Å². The van der Waals surface area contributed by atoms with Crippen LogP contribution in [-0.2, 0) is 43.9 Å². The summed E-state index contributed by atoms with van der Waals surface area (Å²) in [7, 11) is -2.29. The van der Waals surface area contributed by atoms with Crippen molar-refractivity contribution in [2.24, 2.45) is 5.92 Å². The molecular weight excluding hydrogens is 721 g/mol. The first-order valence-corrected chi connectivity index (χ1v) is 20.4. The first-order chi connectivity index (χ1) is 26.1. The highest BCUT2D eigenvalue weighted by Gasteiger charge is 2.38. The van der Waals surface area contributed by atoms with E-state index in [1.165, 1.54) is 12.1 Å². The summed E-state index contributed by atoms with van der Waals surface area (Å²) < 4.78 is 48.1. The molecule has 5 aromatic carbocycles. The Morgan fingerprint density at radius 1 is 0.815 bits per heavy atom. The zero-order valence-corrected chi connectivity index (χ0v) is 32.2. The van der Waals surface area contributed by atoms with E-state index in [0.717, 1.165) is 44.0 Å². The number of thioether (sulfide) groups is 1. The van der Waals surface area contributed by atoms with Crippen LogP contribution in [0, 0.1) is 12.8 Å². The van der Waals surface area contributed by atoms with Crippen LogP contribution in [0.2, 0.25) is 0 Å². The van der Waals surface area contributed by atoms with E-state index in [1.807, 2.05) is 110 Å². The lowest BCUT2D eigenvalue weighted by Gasteiger charge is -2.41. The fraction of sp³-hybridized carbons (Fsp3) is 0.279. The molecule has 1 aliphatic rings. The molecule has 5 aromatic rings. The zero-order valence-electron chi connectivity index (χ0n) is 30.6. The molecule has 1 saturated heterocycles. The van der Waals surface area contributed by atoms with Crippen LogP contribution in [0.25, 0.3) is 0 Å². The molecular formula is C43H46N2O7S2.